The average molecular weight is 360 g/mol. The molecule has 2 rings (SSSR count). The second-order valence-corrected chi connectivity index (χ2v) is 6.84. The highest BCUT2D eigenvalue weighted by atomic mass is 32.1. The van der Waals surface area contributed by atoms with Crippen LogP contribution in [0.25, 0.3) is 0 Å². The van der Waals surface area contributed by atoms with Crippen molar-refractivity contribution in [3.63, 3.8) is 0 Å². The van der Waals surface area contributed by atoms with E-state index in [0.717, 1.165) is 37.8 Å². The molecule has 1 aromatic heterocycles. The second-order valence-electron chi connectivity index (χ2n) is 5.90. The standard InChI is InChI=1S/C19H29N5S/c1-5-20-19(22-13-18-16(4)23-14-25-18)21-10-11-24(6-2)17-9-7-8-15(3)12-17/h7-9,12,14H,5-6,10-11,13H2,1-4H3,(H2,20,21,22). The van der Waals surface area contributed by atoms with Gasteiger partial charge in [-0.25, -0.2) is 9.98 Å². The highest BCUT2D eigenvalue weighted by molar-refractivity contribution is 7.09. The fraction of sp³-hybridized carbons (Fsp3) is 0.474. The summed E-state index contributed by atoms with van der Waals surface area (Å²) >= 11 is 1.66. The van der Waals surface area contributed by atoms with Gasteiger partial charge < -0.3 is 15.5 Å². The van der Waals surface area contributed by atoms with E-state index in [9.17, 15) is 0 Å². The van der Waals surface area contributed by atoms with E-state index in [1.165, 1.54) is 16.1 Å². The number of likely N-dealkylation sites (N-methyl/N-ethyl adjacent to an activating group) is 1. The number of aryl methyl sites for hydroxylation is 2. The van der Waals surface area contributed by atoms with Gasteiger partial charge >= 0.3 is 0 Å². The van der Waals surface area contributed by atoms with Crippen LogP contribution in [-0.2, 0) is 6.54 Å². The van der Waals surface area contributed by atoms with E-state index in [4.69, 9.17) is 0 Å². The normalized spacial score (nSPS) is 11.4. The van der Waals surface area contributed by atoms with Crippen molar-refractivity contribution in [2.45, 2.75) is 34.2 Å². The van der Waals surface area contributed by atoms with E-state index in [0.29, 0.717) is 6.54 Å². The Hall–Kier alpha value is -2.08. The molecule has 0 saturated heterocycles. The predicted octanol–water partition coefficient (Wildman–Crippen LogP) is 3.34. The molecule has 1 aromatic carbocycles. The molecule has 0 aliphatic heterocycles. The number of aliphatic imine (C=N–C) groups is 1. The molecule has 0 bridgehead atoms. The number of aromatic nitrogens is 1. The maximum atomic E-state index is 4.67. The predicted molar refractivity (Wildman–Crippen MR) is 109 cm³/mol. The van der Waals surface area contributed by atoms with E-state index in [1.807, 2.05) is 12.4 Å². The number of hydrogen-bond donors (Lipinski definition) is 2. The van der Waals surface area contributed by atoms with Crippen LogP contribution in [0, 0.1) is 13.8 Å². The van der Waals surface area contributed by atoms with Gasteiger partial charge in [-0.1, -0.05) is 12.1 Å². The number of guanidine groups is 1. The zero-order chi connectivity index (χ0) is 18.1. The highest BCUT2D eigenvalue weighted by Crippen LogP contribution is 2.15. The molecule has 0 atom stereocenters. The third-order valence-electron chi connectivity index (χ3n) is 3.99. The smallest absolute Gasteiger partial charge is 0.191 e. The molecule has 0 aliphatic carbocycles. The minimum Gasteiger partial charge on any atom is -0.370 e. The summed E-state index contributed by atoms with van der Waals surface area (Å²) in [6.07, 6.45) is 0. The van der Waals surface area contributed by atoms with Crippen LogP contribution in [0.15, 0.2) is 34.8 Å². The van der Waals surface area contributed by atoms with Crippen molar-refractivity contribution in [3.05, 3.63) is 45.9 Å². The lowest BCUT2D eigenvalue weighted by atomic mass is 10.2. The van der Waals surface area contributed by atoms with Crippen LogP contribution in [0.4, 0.5) is 5.69 Å². The number of nitrogens with zero attached hydrogens (tertiary/aromatic N) is 3. The molecular weight excluding hydrogens is 330 g/mol. The fourth-order valence-corrected chi connectivity index (χ4v) is 3.27. The van der Waals surface area contributed by atoms with Gasteiger partial charge in [-0.15, -0.1) is 11.3 Å². The van der Waals surface area contributed by atoms with E-state index >= 15 is 0 Å². The van der Waals surface area contributed by atoms with Crippen LogP contribution in [-0.4, -0.2) is 37.1 Å². The zero-order valence-electron chi connectivity index (χ0n) is 15.7. The Morgan fingerprint density at radius 3 is 2.72 bits per heavy atom. The van der Waals surface area contributed by atoms with Crippen molar-refractivity contribution < 1.29 is 0 Å². The van der Waals surface area contributed by atoms with E-state index < -0.39 is 0 Å². The summed E-state index contributed by atoms with van der Waals surface area (Å²) < 4.78 is 0. The molecule has 1 heterocycles. The topological polar surface area (TPSA) is 52.6 Å². The molecule has 25 heavy (non-hydrogen) atoms. The van der Waals surface area contributed by atoms with Crippen LogP contribution < -0.4 is 15.5 Å². The Morgan fingerprint density at radius 2 is 2.08 bits per heavy atom. The SMILES string of the molecule is CCNC(=NCc1scnc1C)NCCN(CC)c1cccc(C)c1. The molecular formula is C19H29N5S. The van der Waals surface area contributed by atoms with Gasteiger partial charge in [-0.2, -0.15) is 0 Å². The van der Waals surface area contributed by atoms with Gasteiger partial charge in [0.15, 0.2) is 5.96 Å². The number of thiazole rings is 1. The van der Waals surface area contributed by atoms with Crippen LogP contribution in [0.5, 0.6) is 0 Å². The Labute approximate surface area is 155 Å². The van der Waals surface area contributed by atoms with Gasteiger partial charge in [-0.3, -0.25) is 0 Å². The molecule has 136 valence electrons. The molecule has 0 aliphatic rings. The molecule has 2 N–H and O–H groups in total. The lowest BCUT2D eigenvalue weighted by molar-refractivity contribution is 0.751. The summed E-state index contributed by atoms with van der Waals surface area (Å²) in [5, 5.41) is 6.74. The third-order valence-corrected chi connectivity index (χ3v) is 4.91. The molecule has 0 fully saturated rings. The van der Waals surface area contributed by atoms with Gasteiger partial charge in [0.05, 0.1) is 17.7 Å². The number of benzene rings is 1. The first-order valence-electron chi connectivity index (χ1n) is 8.86. The maximum absolute atomic E-state index is 4.67. The van der Waals surface area contributed by atoms with E-state index in [1.54, 1.807) is 11.3 Å². The Kier molecular flexibility index (Phi) is 7.73. The van der Waals surface area contributed by atoms with Crippen molar-refractivity contribution in [1.82, 2.24) is 15.6 Å². The van der Waals surface area contributed by atoms with Crippen LogP contribution in [0.1, 0.15) is 30.0 Å². The van der Waals surface area contributed by atoms with Crippen molar-refractivity contribution in [3.8, 4) is 0 Å². The summed E-state index contributed by atoms with van der Waals surface area (Å²) in [6, 6.07) is 8.65. The third kappa shape index (κ3) is 6.05. The quantitative estimate of drug-likeness (QED) is 0.561. The summed E-state index contributed by atoms with van der Waals surface area (Å²) in [5.74, 6) is 0.857. The molecule has 0 radical (unpaired) electrons. The molecule has 0 saturated carbocycles. The molecule has 6 heteroatoms. The summed E-state index contributed by atoms with van der Waals surface area (Å²) in [7, 11) is 0. The van der Waals surface area contributed by atoms with Crippen molar-refractivity contribution >= 4 is 23.0 Å². The Bertz CT molecular complexity index is 680. The number of rotatable bonds is 8. The molecule has 0 unspecified atom stereocenters. The Balaban J connectivity index is 1.90. The van der Waals surface area contributed by atoms with Crippen LogP contribution in [0.2, 0.25) is 0 Å². The monoisotopic (exact) mass is 359 g/mol. The van der Waals surface area contributed by atoms with Crippen molar-refractivity contribution in [2.24, 2.45) is 4.99 Å². The largest absolute Gasteiger partial charge is 0.370 e. The van der Waals surface area contributed by atoms with Crippen LogP contribution in [0.3, 0.4) is 0 Å². The fourth-order valence-electron chi connectivity index (χ4n) is 2.57. The molecule has 2 aromatic rings. The summed E-state index contributed by atoms with van der Waals surface area (Å²) in [6.45, 7) is 12.7. The van der Waals surface area contributed by atoms with Crippen molar-refractivity contribution in [2.75, 3.05) is 31.1 Å². The van der Waals surface area contributed by atoms with Gasteiger partial charge in [-0.05, 0) is 45.4 Å². The average Bonchev–Trinajstić information content (AvgIpc) is 3.01. The van der Waals surface area contributed by atoms with Crippen molar-refractivity contribution in [1.29, 1.82) is 0 Å². The Morgan fingerprint density at radius 1 is 1.24 bits per heavy atom. The number of hydrogen-bond acceptors (Lipinski definition) is 4. The van der Waals surface area contributed by atoms with Crippen LogP contribution >= 0.6 is 11.3 Å². The molecule has 0 amide bonds. The highest BCUT2D eigenvalue weighted by Gasteiger charge is 2.06. The van der Waals surface area contributed by atoms with Gasteiger partial charge in [0.2, 0.25) is 0 Å². The van der Waals surface area contributed by atoms with Gasteiger partial charge in [0.1, 0.15) is 0 Å². The maximum Gasteiger partial charge on any atom is 0.191 e. The minimum absolute atomic E-state index is 0.668. The minimum atomic E-state index is 0.668. The van der Waals surface area contributed by atoms with Gasteiger partial charge in [0, 0.05) is 36.7 Å². The second kappa shape index (κ2) is 10.0. The van der Waals surface area contributed by atoms with E-state index in [2.05, 4.69) is 70.5 Å². The summed E-state index contributed by atoms with van der Waals surface area (Å²) in [4.78, 5) is 12.5. The zero-order valence-corrected chi connectivity index (χ0v) is 16.5. The first-order chi connectivity index (χ1) is 12.1. The first-order valence-corrected chi connectivity index (χ1v) is 9.74. The molecule has 5 nitrogen and oxygen atoms in total. The summed E-state index contributed by atoms with van der Waals surface area (Å²) in [5.41, 5.74) is 5.51. The first kappa shape index (κ1) is 19.2. The molecule has 0 spiro atoms. The van der Waals surface area contributed by atoms with Gasteiger partial charge in [0.25, 0.3) is 0 Å². The lowest BCUT2D eigenvalue weighted by Gasteiger charge is -2.24. The van der Waals surface area contributed by atoms with E-state index in [-0.39, 0.29) is 0 Å². The number of nitrogens with one attached hydrogen (secondary N) is 2. The number of anilines is 1. The lowest BCUT2D eigenvalue weighted by Crippen LogP contribution is -2.41.